The van der Waals surface area contributed by atoms with Crippen molar-refractivity contribution in [3.8, 4) is 5.75 Å². The Balaban J connectivity index is 1.69. The van der Waals surface area contributed by atoms with Crippen LogP contribution < -0.4 is 5.32 Å². The second kappa shape index (κ2) is 7.87. The number of phenolic OH excluding ortho intramolecular Hbond substituents is 1. The van der Waals surface area contributed by atoms with Crippen LogP contribution in [-0.4, -0.2) is 53.2 Å². The predicted molar refractivity (Wildman–Crippen MR) is 93.4 cm³/mol. The number of likely N-dealkylation sites (tertiary alicyclic amines) is 1. The summed E-state index contributed by atoms with van der Waals surface area (Å²) in [5, 5.41) is 13.0. The number of phenols is 1. The van der Waals surface area contributed by atoms with Gasteiger partial charge in [-0.3, -0.25) is 9.59 Å². The lowest BCUT2D eigenvalue weighted by Gasteiger charge is -2.28. The van der Waals surface area contributed by atoms with Crippen LogP contribution in [0.15, 0.2) is 24.3 Å². The van der Waals surface area contributed by atoms with Gasteiger partial charge in [-0.25, -0.2) is 0 Å². The lowest BCUT2D eigenvalue weighted by atomic mass is 10.0. The van der Waals surface area contributed by atoms with E-state index in [0.717, 1.165) is 32.3 Å². The number of hydrogen-bond acceptors (Lipinski definition) is 4. The fraction of sp³-hybridized carbons (Fsp3) is 0.579. The largest absolute Gasteiger partial charge is 0.507 e. The fourth-order valence-electron chi connectivity index (χ4n) is 3.75. The second-order valence-corrected chi connectivity index (χ2v) is 6.75. The van der Waals surface area contributed by atoms with Crippen LogP contribution >= 0.6 is 0 Å². The molecule has 2 heterocycles. The molecule has 1 aromatic carbocycles. The van der Waals surface area contributed by atoms with E-state index in [4.69, 9.17) is 4.74 Å². The summed E-state index contributed by atoms with van der Waals surface area (Å²) in [6.45, 7) is 3.31. The van der Waals surface area contributed by atoms with Crippen LogP contribution in [0.1, 0.15) is 49.4 Å². The number of carbonyl (C=O) groups is 2. The molecule has 0 aromatic heterocycles. The molecule has 25 heavy (non-hydrogen) atoms. The number of benzene rings is 1. The predicted octanol–water partition coefficient (Wildman–Crippen LogP) is 2.07. The molecule has 3 unspecified atom stereocenters. The van der Waals surface area contributed by atoms with Crippen LogP contribution in [0.4, 0.5) is 0 Å². The van der Waals surface area contributed by atoms with Crippen molar-refractivity contribution in [2.24, 2.45) is 0 Å². The molecule has 3 rings (SSSR count). The minimum absolute atomic E-state index is 0.0160. The minimum Gasteiger partial charge on any atom is -0.507 e. The molecule has 2 N–H and O–H groups in total. The zero-order valence-electron chi connectivity index (χ0n) is 14.6. The molecule has 0 saturated carbocycles. The number of carbonyl (C=O) groups excluding carboxylic acids is 2. The van der Waals surface area contributed by atoms with Crippen molar-refractivity contribution < 1.29 is 19.4 Å². The van der Waals surface area contributed by atoms with Gasteiger partial charge in [-0.1, -0.05) is 19.1 Å². The van der Waals surface area contributed by atoms with Gasteiger partial charge in [0.1, 0.15) is 11.8 Å². The van der Waals surface area contributed by atoms with E-state index in [1.807, 2.05) is 6.92 Å². The molecule has 0 bridgehead atoms. The fourth-order valence-corrected chi connectivity index (χ4v) is 3.75. The van der Waals surface area contributed by atoms with Gasteiger partial charge in [0.25, 0.3) is 5.91 Å². The van der Waals surface area contributed by atoms with Gasteiger partial charge in [0.2, 0.25) is 5.91 Å². The number of nitrogens with one attached hydrogen (secondary N) is 1. The van der Waals surface area contributed by atoms with Crippen molar-refractivity contribution in [3.05, 3.63) is 29.8 Å². The highest BCUT2D eigenvalue weighted by molar-refractivity contribution is 5.99. The van der Waals surface area contributed by atoms with Gasteiger partial charge < -0.3 is 20.1 Å². The molecule has 0 radical (unpaired) electrons. The van der Waals surface area contributed by atoms with Crippen molar-refractivity contribution in [3.63, 3.8) is 0 Å². The Morgan fingerprint density at radius 3 is 2.80 bits per heavy atom. The maximum absolute atomic E-state index is 12.8. The third-order valence-electron chi connectivity index (χ3n) is 5.13. The third kappa shape index (κ3) is 3.79. The number of hydrogen-bond donors (Lipinski definition) is 2. The molecule has 1 aromatic rings. The Morgan fingerprint density at radius 1 is 1.32 bits per heavy atom. The summed E-state index contributed by atoms with van der Waals surface area (Å²) in [4.78, 5) is 27.1. The molecule has 0 aliphatic carbocycles. The zero-order valence-corrected chi connectivity index (χ0v) is 14.6. The number of nitrogens with zero attached hydrogens (tertiary/aromatic N) is 1. The van der Waals surface area contributed by atoms with Crippen molar-refractivity contribution in [1.29, 1.82) is 0 Å². The van der Waals surface area contributed by atoms with Crippen LogP contribution in [0.2, 0.25) is 0 Å². The maximum Gasteiger partial charge on any atom is 0.258 e. The van der Waals surface area contributed by atoms with Crippen molar-refractivity contribution in [2.75, 3.05) is 13.2 Å². The molecule has 3 atom stereocenters. The van der Waals surface area contributed by atoms with Crippen LogP contribution in [0.25, 0.3) is 0 Å². The van der Waals surface area contributed by atoms with Crippen molar-refractivity contribution >= 4 is 11.8 Å². The van der Waals surface area contributed by atoms with Gasteiger partial charge in [0, 0.05) is 13.2 Å². The van der Waals surface area contributed by atoms with E-state index >= 15 is 0 Å². The molecular formula is C19H26N2O4. The number of ether oxygens (including phenoxy) is 1. The number of para-hydroxylation sites is 1. The maximum atomic E-state index is 12.8. The topological polar surface area (TPSA) is 78.9 Å². The molecule has 6 heteroatoms. The van der Waals surface area contributed by atoms with E-state index in [9.17, 15) is 14.7 Å². The minimum atomic E-state index is -0.484. The Bertz CT molecular complexity index is 628. The first kappa shape index (κ1) is 17.7. The molecule has 2 aliphatic rings. The lowest BCUT2D eigenvalue weighted by molar-refractivity contribution is -0.126. The summed E-state index contributed by atoms with van der Waals surface area (Å²) >= 11 is 0. The first-order valence-electron chi connectivity index (χ1n) is 9.12. The van der Waals surface area contributed by atoms with E-state index in [1.165, 1.54) is 6.07 Å². The number of amides is 2. The lowest BCUT2D eigenvalue weighted by Crippen LogP contribution is -2.51. The monoisotopic (exact) mass is 346 g/mol. The average Bonchev–Trinajstić information content (AvgIpc) is 3.30. The van der Waals surface area contributed by atoms with E-state index in [1.54, 1.807) is 23.1 Å². The molecule has 2 saturated heterocycles. The Hall–Kier alpha value is -2.08. The van der Waals surface area contributed by atoms with Gasteiger partial charge in [0.15, 0.2) is 0 Å². The van der Waals surface area contributed by atoms with Crippen molar-refractivity contribution in [2.45, 2.75) is 57.2 Å². The third-order valence-corrected chi connectivity index (χ3v) is 5.13. The smallest absolute Gasteiger partial charge is 0.258 e. The van der Waals surface area contributed by atoms with Crippen LogP contribution in [0, 0.1) is 0 Å². The molecular weight excluding hydrogens is 320 g/mol. The van der Waals surface area contributed by atoms with Gasteiger partial charge in [-0.2, -0.15) is 0 Å². The molecule has 2 aliphatic heterocycles. The zero-order chi connectivity index (χ0) is 17.8. The molecule has 6 nitrogen and oxygen atoms in total. The first-order valence-corrected chi connectivity index (χ1v) is 9.12. The molecule has 2 amide bonds. The highest BCUT2D eigenvalue weighted by Crippen LogP contribution is 2.25. The molecule has 0 spiro atoms. The summed E-state index contributed by atoms with van der Waals surface area (Å²) in [5.41, 5.74) is 0.244. The summed E-state index contributed by atoms with van der Waals surface area (Å²) in [6, 6.07) is 5.96. The van der Waals surface area contributed by atoms with Crippen LogP contribution in [0.5, 0.6) is 5.75 Å². The Morgan fingerprint density at radius 2 is 2.12 bits per heavy atom. The Labute approximate surface area is 148 Å². The first-order chi connectivity index (χ1) is 12.1. The van der Waals surface area contributed by atoms with E-state index in [2.05, 4.69) is 5.32 Å². The van der Waals surface area contributed by atoms with Crippen LogP contribution in [-0.2, 0) is 9.53 Å². The van der Waals surface area contributed by atoms with Crippen LogP contribution in [0.3, 0.4) is 0 Å². The standard InChI is InChI=1S/C19H26N2O4/c1-2-14(17-10-6-12-25-17)20-18(23)15-8-5-11-21(15)19(24)13-7-3-4-9-16(13)22/h3-4,7,9,14-15,17,22H,2,5-6,8,10-12H2,1H3,(H,20,23). The normalized spacial score (nSPS) is 24.3. The quantitative estimate of drug-likeness (QED) is 0.855. The summed E-state index contributed by atoms with van der Waals surface area (Å²) in [6.07, 6.45) is 4.29. The number of aromatic hydroxyl groups is 1. The van der Waals surface area contributed by atoms with E-state index in [-0.39, 0.29) is 35.3 Å². The second-order valence-electron chi connectivity index (χ2n) is 6.75. The average molecular weight is 346 g/mol. The summed E-state index contributed by atoms with van der Waals surface area (Å²) in [7, 11) is 0. The SMILES string of the molecule is CCC(NC(=O)C1CCCN1C(=O)c1ccccc1O)C1CCCO1. The van der Waals surface area contributed by atoms with E-state index in [0.29, 0.717) is 13.0 Å². The van der Waals surface area contributed by atoms with Gasteiger partial charge in [-0.05, 0) is 44.2 Å². The molecule has 136 valence electrons. The number of rotatable bonds is 5. The van der Waals surface area contributed by atoms with Gasteiger partial charge in [0.05, 0.1) is 17.7 Å². The van der Waals surface area contributed by atoms with Gasteiger partial charge in [-0.15, -0.1) is 0 Å². The Kier molecular flexibility index (Phi) is 5.58. The molecule has 2 fully saturated rings. The van der Waals surface area contributed by atoms with E-state index < -0.39 is 6.04 Å². The summed E-state index contributed by atoms with van der Waals surface area (Å²) in [5.74, 6) is -0.464. The highest BCUT2D eigenvalue weighted by Gasteiger charge is 2.37. The van der Waals surface area contributed by atoms with Crippen molar-refractivity contribution in [1.82, 2.24) is 10.2 Å². The highest BCUT2D eigenvalue weighted by atomic mass is 16.5. The van der Waals surface area contributed by atoms with Gasteiger partial charge >= 0.3 is 0 Å². The summed E-state index contributed by atoms with van der Waals surface area (Å²) < 4.78 is 5.70.